The van der Waals surface area contributed by atoms with Gasteiger partial charge in [-0.25, -0.2) is 0 Å². The highest BCUT2D eigenvalue weighted by Crippen LogP contribution is 2.50. The van der Waals surface area contributed by atoms with E-state index in [0.29, 0.717) is 0 Å². The molecule has 0 saturated carbocycles. The van der Waals surface area contributed by atoms with E-state index in [-0.39, 0.29) is 0 Å². The molecule has 12 aromatic rings. The molecular weight excluding hydrogens is 1040 g/mol. The lowest BCUT2D eigenvalue weighted by Gasteiger charge is -2.31. The summed E-state index contributed by atoms with van der Waals surface area (Å²) in [5, 5.41) is 0. The van der Waals surface area contributed by atoms with Gasteiger partial charge >= 0.3 is 0 Å². The smallest absolute Gasteiger partial charge is 0.0488 e. The van der Waals surface area contributed by atoms with Crippen LogP contribution in [0, 0.1) is 69.2 Å². The largest absolute Gasteiger partial charge is 0.310 e. The Morgan fingerprint density at radius 1 is 0.174 bits per heavy atom. The van der Waals surface area contributed by atoms with Crippen LogP contribution in [-0.2, 0) is 0 Å². The van der Waals surface area contributed by atoms with Crippen molar-refractivity contribution < 1.29 is 0 Å². The molecule has 0 spiro atoms. The van der Waals surface area contributed by atoms with Gasteiger partial charge in [-0.1, -0.05) is 172 Å². The standard InChI is InChI=1S/C82H74N4/c1-55-14-30-66(31-15-55)83(67-32-16-56(2)17-33-67)74-46-48-78(63(9)50-74)80-12-11-13-81(79-49-47-75(51-64(79)10)84(68-34-18-57(3)19-35-68)69-36-20-58(4)21-37-69)82(80)65-52-76(85(70-38-22-59(5)23-39-70)71-40-24-60(6)25-41-71)54-77(53-65)86(72-42-26-61(7)27-43-72)73-44-28-62(8)29-45-73/h11-54H,1-10H3. The Kier molecular flexibility index (Phi) is 15.9. The number of nitrogens with zero attached hydrogens (tertiary/aromatic N) is 4. The summed E-state index contributed by atoms with van der Waals surface area (Å²) in [7, 11) is 0. The maximum atomic E-state index is 2.43. The first-order valence-corrected chi connectivity index (χ1v) is 30.0. The molecule has 0 bridgehead atoms. The molecule has 4 nitrogen and oxygen atoms in total. The van der Waals surface area contributed by atoms with Crippen molar-refractivity contribution >= 4 is 68.2 Å². The van der Waals surface area contributed by atoms with Gasteiger partial charge in [-0.05, 0) is 253 Å². The molecule has 0 unspecified atom stereocenters. The second kappa shape index (κ2) is 24.2. The van der Waals surface area contributed by atoms with E-state index in [0.717, 1.165) is 102 Å². The Morgan fingerprint density at radius 3 is 0.605 bits per heavy atom. The van der Waals surface area contributed by atoms with Crippen LogP contribution in [0.15, 0.2) is 267 Å². The third kappa shape index (κ3) is 11.8. The lowest BCUT2D eigenvalue weighted by Crippen LogP contribution is -2.14. The maximum Gasteiger partial charge on any atom is 0.0488 e. The van der Waals surface area contributed by atoms with Crippen molar-refractivity contribution in [3.05, 3.63) is 323 Å². The minimum Gasteiger partial charge on any atom is -0.310 e. The summed E-state index contributed by atoms with van der Waals surface area (Å²) in [6.45, 7) is 21.8. The molecule has 0 aromatic heterocycles. The van der Waals surface area contributed by atoms with Crippen LogP contribution in [0.2, 0.25) is 0 Å². The number of hydrogen-bond donors (Lipinski definition) is 0. The summed E-state index contributed by atoms with van der Waals surface area (Å²) in [5.74, 6) is 0. The third-order valence-corrected chi connectivity index (χ3v) is 16.6. The van der Waals surface area contributed by atoms with Gasteiger partial charge in [-0.15, -0.1) is 0 Å². The van der Waals surface area contributed by atoms with Gasteiger partial charge in [0.05, 0.1) is 0 Å². The number of rotatable bonds is 15. The molecule has 0 aliphatic rings. The number of benzene rings is 12. The minimum absolute atomic E-state index is 1.04. The Hall–Kier alpha value is -10.2. The monoisotopic (exact) mass is 1110 g/mol. The molecule has 12 aromatic carbocycles. The van der Waals surface area contributed by atoms with Gasteiger partial charge in [0.25, 0.3) is 0 Å². The predicted octanol–water partition coefficient (Wildman–Crippen LogP) is 23.7. The molecule has 12 rings (SSSR count). The zero-order valence-corrected chi connectivity index (χ0v) is 51.2. The molecule has 0 aliphatic heterocycles. The average Bonchev–Trinajstić information content (AvgIpc) is 1.21. The molecule has 0 aliphatic carbocycles. The molecule has 0 N–H and O–H groups in total. The van der Waals surface area contributed by atoms with Crippen LogP contribution in [0.1, 0.15) is 55.6 Å². The highest BCUT2D eigenvalue weighted by Gasteiger charge is 2.25. The molecule has 0 atom stereocenters. The van der Waals surface area contributed by atoms with Gasteiger partial charge in [0.15, 0.2) is 0 Å². The normalized spacial score (nSPS) is 11.1. The van der Waals surface area contributed by atoms with Gasteiger partial charge in [0.2, 0.25) is 0 Å². The van der Waals surface area contributed by atoms with Crippen LogP contribution in [0.4, 0.5) is 68.2 Å². The number of hydrogen-bond acceptors (Lipinski definition) is 4. The van der Waals surface area contributed by atoms with E-state index in [1.165, 1.54) is 55.6 Å². The SMILES string of the molecule is Cc1ccc(N(c2ccc(C)cc2)c2cc(-c3c(-c4ccc(N(c5ccc(C)cc5)c5ccc(C)cc5)cc4C)cccc3-c3ccc(N(c4ccc(C)cc4)c4ccc(C)cc4)cc3C)cc(N(c3ccc(C)cc3)c3ccc(C)cc3)c2)cc1. The Morgan fingerprint density at radius 2 is 0.384 bits per heavy atom. The molecule has 0 amide bonds. The Balaban J connectivity index is 1.13. The molecule has 0 radical (unpaired) electrons. The van der Waals surface area contributed by atoms with E-state index in [4.69, 9.17) is 0 Å². The van der Waals surface area contributed by atoms with Crippen LogP contribution in [0.5, 0.6) is 0 Å². The van der Waals surface area contributed by atoms with E-state index >= 15 is 0 Å². The highest BCUT2D eigenvalue weighted by molar-refractivity contribution is 6.00. The van der Waals surface area contributed by atoms with Crippen molar-refractivity contribution in [3.63, 3.8) is 0 Å². The Bertz CT molecular complexity index is 3880. The first-order chi connectivity index (χ1) is 41.7. The summed E-state index contributed by atoms with van der Waals surface area (Å²) in [6.07, 6.45) is 0. The lowest BCUT2D eigenvalue weighted by molar-refractivity contribution is 1.24. The summed E-state index contributed by atoms with van der Waals surface area (Å²) in [5.41, 5.74) is 31.9. The van der Waals surface area contributed by atoms with Gasteiger partial charge < -0.3 is 19.6 Å². The number of anilines is 12. The zero-order valence-electron chi connectivity index (χ0n) is 51.2. The second-order valence-electron chi connectivity index (χ2n) is 23.5. The van der Waals surface area contributed by atoms with E-state index < -0.39 is 0 Å². The van der Waals surface area contributed by atoms with Crippen molar-refractivity contribution in [2.45, 2.75) is 69.2 Å². The van der Waals surface area contributed by atoms with Crippen molar-refractivity contribution in [1.29, 1.82) is 0 Å². The van der Waals surface area contributed by atoms with Crippen LogP contribution in [0.25, 0.3) is 33.4 Å². The summed E-state index contributed by atoms with van der Waals surface area (Å²) < 4.78 is 0. The minimum atomic E-state index is 1.04. The quantitative estimate of drug-likeness (QED) is 0.101. The van der Waals surface area contributed by atoms with Gasteiger partial charge in [-0.3, -0.25) is 0 Å². The third-order valence-electron chi connectivity index (χ3n) is 16.6. The van der Waals surface area contributed by atoms with E-state index in [9.17, 15) is 0 Å². The molecular formula is C82H74N4. The van der Waals surface area contributed by atoms with Crippen molar-refractivity contribution in [3.8, 4) is 33.4 Å². The van der Waals surface area contributed by atoms with Crippen molar-refractivity contribution in [2.24, 2.45) is 0 Å². The van der Waals surface area contributed by atoms with Crippen LogP contribution in [-0.4, -0.2) is 0 Å². The fraction of sp³-hybridized carbons (Fsp3) is 0.122. The zero-order chi connectivity index (χ0) is 59.6. The predicted molar refractivity (Wildman–Crippen MR) is 369 cm³/mol. The number of aryl methyl sites for hydroxylation is 10. The average molecular weight is 1120 g/mol. The highest BCUT2D eigenvalue weighted by atomic mass is 15.2. The summed E-state index contributed by atoms with van der Waals surface area (Å²) in [6, 6.07) is 99.4. The summed E-state index contributed by atoms with van der Waals surface area (Å²) in [4.78, 5) is 9.59. The van der Waals surface area contributed by atoms with E-state index in [2.05, 4.69) is 356 Å². The van der Waals surface area contributed by atoms with Crippen LogP contribution >= 0.6 is 0 Å². The molecule has 422 valence electrons. The van der Waals surface area contributed by atoms with Gasteiger partial charge in [0, 0.05) is 68.2 Å². The van der Waals surface area contributed by atoms with Crippen molar-refractivity contribution in [1.82, 2.24) is 0 Å². The fourth-order valence-electron chi connectivity index (χ4n) is 11.8. The summed E-state index contributed by atoms with van der Waals surface area (Å²) >= 11 is 0. The second-order valence-corrected chi connectivity index (χ2v) is 23.5. The van der Waals surface area contributed by atoms with E-state index in [1.54, 1.807) is 0 Å². The molecule has 0 fully saturated rings. The molecule has 0 heterocycles. The van der Waals surface area contributed by atoms with E-state index in [1.807, 2.05) is 0 Å². The van der Waals surface area contributed by atoms with Gasteiger partial charge in [0.1, 0.15) is 0 Å². The molecule has 4 heteroatoms. The molecule has 86 heavy (non-hydrogen) atoms. The Labute approximate surface area is 510 Å². The van der Waals surface area contributed by atoms with Gasteiger partial charge in [-0.2, -0.15) is 0 Å². The van der Waals surface area contributed by atoms with Crippen molar-refractivity contribution in [2.75, 3.05) is 19.6 Å². The molecule has 0 saturated heterocycles. The van der Waals surface area contributed by atoms with Crippen LogP contribution < -0.4 is 19.6 Å². The van der Waals surface area contributed by atoms with Crippen LogP contribution in [0.3, 0.4) is 0 Å². The lowest BCUT2D eigenvalue weighted by atomic mass is 9.84. The first-order valence-electron chi connectivity index (χ1n) is 30.0. The maximum absolute atomic E-state index is 2.43. The fourth-order valence-corrected chi connectivity index (χ4v) is 11.8. The first kappa shape index (κ1) is 56.3. The topological polar surface area (TPSA) is 13.0 Å².